The summed E-state index contributed by atoms with van der Waals surface area (Å²) >= 11 is 8.01. The van der Waals surface area contributed by atoms with E-state index in [0.29, 0.717) is 24.4 Å². The summed E-state index contributed by atoms with van der Waals surface area (Å²) in [5, 5.41) is 26.4. The fourth-order valence-corrected chi connectivity index (χ4v) is 10.9. The number of halogens is 1. The molecule has 1 aromatic rings. The number of benzene rings is 1. The zero-order valence-electron chi connectivity index (χ0n) is 40.9. The van der Waals surface area contributed by atoms with Crippen LogP contribution < -0.4 is 15.0 Å². The molecule has 9 atom stereocenters. The van der Waals surface area contributed by atoms with Gasteiger partial charge in [0.05, 0.1) is 24.5 Å². The van der Waals surface area contributed by atoms with Gasteiger partial charge in [-0.1, -0.05) is 49.2 Å². The molecule has 1 saturated carbocycles. The van der Waals surface area contributed by atoms with Crippen molar-refractivity contribution < 1.29 is 62.7 Å². The van der Waals surface area contributed by atoms with Gasteiger partial charge in [0, 0.05) is 58.7 Å². The number of ketones is 1. The molecule has 0 radical (unpaired) electrons. The van der Waals surface area contributed by atoms with Gasteiger partial charge >= 0.3 is 12.1 Å². The quantitative estimate of drug-likeness (QED) is 0.177. The number of likely N-dealkylation sites (tertiary alicyclic amines) is 1. The molecule has 5 rings (SSSR count). The van der Waals surface area contributed by atoms with Gasteiger partial charge in [0.25, 0.3) is 0 Å². The molecule has 0 spiro atoms. The van der Waals surface area contributed by atoms with Crippen molar-refractivity contribution in [1.29, 1.82) is 0 Å². The van der Waals surface area contributed by atoms with Crippen LogP contribution in [0.5, 0.6) is 5.75 Å². The molecule has 2 saturated heterocycles. The number of nitrogens with one attached hydrogen (secondary N) is 1. The van der Waals surface area contributed by atoms with Crippen LogP contribution in [-0.4, -0.2) is 143 Å². The van der Waals surface area contributed by atoms with Crippen LogP contribution in [0.1, 0.15) is 98.5 Å². The number of alkyl carbamates (subject to hydrolysis) is 1. The van der Waals surface area contributed by atoms with Gasteiger partial charge in [0.15, 0.2) is 5.72 Å². The number of anilines is 1. The molecule has 19 heteroatoms. The summed E-state index contributed by atoms with van der Waals surface area (Å²) in [6, 6.07) is 2.28. The van der Waals surface area contributed by atoms with E-state index < -0.39 is 83.1 Å². The maximum Gasteiger partial charge on any atom is 0.409 e. The van der Waals surface area contributed by atoms with E-state index in [0.717, 1.165) is 36.8 Å². The predicted octanol–water partition coefficient (Wildman–Crippen LogP) is 5.39. The van der Waals surface area contributed by atoms with E-state index in [-0.39, 0.29) is 59.5 Å². The van der Waals surface area contributed by atoms with E-state index in [4.69, 9.17) is 30.5 Å². The van der Waals surface area contributed by atoms with E-state index in [1.807, 2.05) is 13.0 Å². The highest BCUT2D eigenvalue weighted by molar-refractivity contribution is 8.00. The van der Waals surface area contributed by atoms with Gasteiger partial charge in [-0.3, -0.25) is 34.2 Å². The highest BCUT2D eigenvalue weighted by Gasteiger charge is 2.51. The van der Waals surface area contributed by atoms with Crippen LogP contribution in [0.3, 0.4) is 0 Å². The van der Waals surface area contributed by atoms with Gasteiger partial charge in [0.2, 0.25) is 23.6 Å². The molecule has 68 heavy (non-hydrogen) atoms. The van der Waals surface area contributed by atoms with Crippen LogP contribution in [-0.2, 0) is 49.4 Å². The van der Waals surface area contributed by atoms with Crippen molar-refractivity contribution in [1.82, 2.24) is 15.1 Å². The number of nitrogens with zero attached hydrogens (tertiary/aromatic N) is 3. The minimum Gasteiger partial charge on any atom is -0.495 e. The number of fused-ring (bicyclic) bond motifs is 4. The monoisotopic (exact) mass is 988 g/mol. The molecule has 1 aromatic carbocycles. The lowest BCUT2D eigenvalue weighted by atomic mass is 9.73. The standard InChI is InChI=1S/C49H69ClN4O13S/c1-27-12-11-13-39(65-10)49(63)25-37(66-47(61)51-49)28(2)29(3)48(6,62)40(24-42(57)53(8)35-21-33(20-27)22-36(64-9)44(35)50)67-46(60)30(4)52(7)41(56)18-19-68-38-23-43(58)54(45(38)59)26-32-14-16-34(17-15-32)31(5)55/h11-13,21-22,28-30,32,34,37-40,62-63H,14-20,23-26H2,1-10H3,(H,51,61)/b13-11+,27-12+/t28-,29-,30-,32?,34?,37-,38+,39+,40-,48+,49-/m0/s1. The number of Topliss-reactive ketones (excluding diaryl/α,β-unsaturated/α-hetero) is 1. The minimum atomic E-state index is -2.00. The van der Waals surface area contributed by atoms with Crippen LogP contribution in [0, 0.1) is 23.7 Å². The van der Waals surface area contributed by atoms with E-state index in [1.54, 1.807) is 45.1 Å². The smallest absolute Gasteiger partial charge is 0.409 e. The molecule has 1 aliphatic carbocycles. The molecule has 0 unspecified atom stereocenters. The third kappa shape index (κ3) is 12.6. The third-order valence-electron chi connectivity index (χ3n) is 14.6. The SMILES string of the molecule is COc1cc2cc(c1Cl)N(C)C(=O)C[C@H](OC(=O)[C@H](C)N(C)C(=O)CCS[C@@H]1CC(=O)N(CC3CCC(C(C)=O)CC3)C1=O)[C@](C)(O)[C@@H](C)[C@H](C)[C@@H]1C[C@@](O)(NC(=O)O1)[C@H](OC)/C=C/C=C(\C)C2. The second-order valence-corrected chi connectivity index (χ2v) is 20.9. The van der Waals surface area contributed by atoms with Crippen LogP contribution in [0.25, 0.3) is 0 Å². The zero-order valence-corrected chi connectivity index (χ0v) is 42.4. The van der Waals surface area contributed by atoms with Crippen LogP contribution in [0.15, 0.2) is 35.9 Å². The van der Waals surface area contributed by atoms with Gasteiger partial charge in [-0.15, -0.1) is 11.8 Å². The number of allylic oxidation sites excluding steroid dienone is 3. The summed E-state index contributed by atoms with van der Waals surface area (Å²) in [5.41, 5.74) is -2.00. The molecule has 17 nitrogen and oxygen atoms in total. The second kappa shape index (κ2) is 23.0. The van der Waals surface area contributed by atoms with Crippen molar-refractivity contribution in [2.45, 2.75) is 140 Å². The van der Waals surface area contributed by atoms with Gasteiger partial charge in [-0.05, 0) is 95.2 Å². The Morgan fingerprint density at radius 1 is 1.06 bits per heavy atom. The molecule has 3 heterocycles. The number of esters is 1. The Hall–Kier alpha value is -4.49. The molecule has 376 valence electrons. The third-order valence-corrected chi connectivity index (χ3v) is 16.2. The van der Waals surface area contributed by atoms with Gasteiger partial charge in [0.1, 0.15) is 46.5 Å². The molecular formula is C49H69ClN4O13S. The maximum atomic E-state index is 14.4. The maximum absolute atomic E-state index is 14.4. The second-order valence-electron chi connectivity index (χ2n) is 19.2. The Morgan fingerprint density at radius 2 is 1.74 bits per heavy atom. The number of thioether (sulfide) groups is 1. The molecule has 3 aliphatic heterocycles. The first-order valence-corrected chi connectivity index (χ1v) is 24.7. The van der Waals surface area contributed by atoms with E-state index in [9.17, 15) is 43.8 Å². The van der Waals surface area contributed by atoms with E-state index in [2.05, 4.69) is 5.32 Å². The number of carbonyl (C=O) groups excluding carboxylic acids is 7. The average molecular weight is 990 g/mol. The van der Waals surface area contributed by atoms with Crippen LogP contribution in [0.4, 0.5) is 10.5 Å². The van der Waals surface area contributed by atoms with Crippen molar-refractivity contribution in [3.8, 4) is 5.75 Å². The summed E-state index contributed by atoms with van der Waals surface area (Å²) < 4.78 is 23.0. The number of methoxy groups -OCH3 is 2. The number of carbonyl (C=O) groups is 7. The first-order valence-electron chi connectivity index (χ1n) is 23.3. The number of hydrogen-bond acceptors (Lipinski definition) is 14. The topological polar surface area (TPSA) is 219 Å². The Bertz CT molecular complexity index is 2140. The van der Waals surface area contributed by atoms with Gasteiger partial charge in [-0.25, -0.2) is 9.59 Å². The summed E-state index contributed by atoms with van der Waals surface area (Å²) in [6.07, 6.45) is 3.39. The Balaban J connectivity index is 1.34. The lowest BCUT2D eigenvalue weighted by Crippen LogP contribution is -2.64. The van der Waals surface area contributed by atoms with Crippen molar-refractivity contribution in [2.24, 2.45) is 23.7 Å². The molecule has 3 N–H and O–H groups in total. The minimum absolute atomic E-state index is 0.0273. The first-order chi connectivity index (χ1) is 31.9. The average Bonchev–Trinajstić information content (AvgIpc) is 3.55. The Labute approximate surface area is 408 Å². The fourth-order valence-electron chi connectivity index (χ4n) is 9.50. The number of hydrogen-bond donors (Lipinski definition) is 3. The fraction of sp³-hybridized carbons (Fsp3) is 0.653. The largest absolute Gasteiger partial charge is 0.495 e. The number of rotatable bonds is 12. The van der Waals surface area contributed by atoms with E-state index in [1.165, 1.54) is 68.6 Å². The summed E-state index contributed by atoms with van der Waals surface area (Å²) in [4.78, 5) is 96.8. The lowest BCUT2D eigenvalue weighted by molar-refractivity contribution is -0.186. The van der Waals surface area contributed by atoms with Crippen molar-refractivity contribution in [2.75, 3.05) is 45.5 Å². The normalized spacial score (nSPS) is 32.3. The summed E-state index contributed by atoms with van der Waals surface area (Å²) in [7, 11) is 5.77. The first kappa shape index (κ1) is 54.5. The number of amides is 5. The summed E-state index contributed by atoms with van der Waals surface area (Å²) in [5.74, 6) is -3.22. The van der Waals surface area contributed by atoms with E-state index >= 15 is 0 Å². The number of likely N-dealkylation sites (N-methyl/N-ethyl adjacent to an activating group) is 1. The summed E-state index contributed by atoms with van der Waals surface area (Å²) in [6.45, 7) is 10.0. The van der Waals surface area contributed by atoms with Crippen molar-refractivity contribution in [3.63, 3.8) is 0 Å². The van der Waals surface area contributed by atoms with Crippen molar-refractivity contribution in [3.05, 3.63) is 46.5 Å². The molecular weight excluding hydrogens is 920 g/mol. The number of aliphatic hydroxyl groups is 2. The predicted molar refractivity (Wildman–Crippen MR) is 256 cm³/mol. The molecule has 3 fully saturated rings. The Kier molecular flexibility index (Phi) is 18.4. The molecule has 5 amide bonds. The van der Waals surface area contributed by atoms with Gasteiger partial charge < -0.3 is 39.0 Å². The van der Waals surface area contributed by atoms with Crippen LogP contribution >= 0.6 is 23.4 Å². The zero-order chi connectivity index (χ0) is 50.4. The number of ether oxygens (including phenoxy) is 4. The number of imide groups is 1. The van der Waals surface area contributed by atoms with Crippen molar-refractivity contribution >= 4 is 70.5 Å². The Morgan fingerprint density at radius 3 is 2.37 bits per heavy atom. The highest BCUT2D eigenvalue weighted by atomic mass is 35.5. The van der Waals surface area contributed by atoms with Crippen LogP contribution in [0.2, 0.25) is 5.02 Å². The molecule has 4 aliphatic rings. The lowest BCUT2D eigenvalue weighted by Gasteiger charge is -2.46. The van der Waals surface area contributed by atoms with Gasteiger partial charge in [-0.2, -0.15) is 0 Å². The molecule has 4 bridgehead atoms. The highest BCUT2D eigenvalue weighted by Crippen LogP contribution is 2.41. The molecule has 0 aromatic heterocycles.